The average Bonchev–Trinajstić information content (AvgIpc) is 2.69. The number of rotatable bonds is 7. The van der Waals surface area contributed by atoms with Crippen molar-refractivity contribution in [3.8, 4) is 16.9 Å². The molecule has 2 aromatic rings. The molecular formula is C24H28F3NO4. The van der Waals surface area contributed by atoms with E-state index < -0.39 is 23.1 Å². The summed E-state index contributed by atoms with van der Waals surface area (Å²) in [6, 6.07) is 8.15. The summed E-state index contributed by atoms with van der Waals surface area (Å²) in [6.45, 7) is 7.32. The first-order valence-electron chi connectivity index (χ1n) is 10.2. The lowest BCUT2D eigenvalue weighted by molar-refractivity contribution is -0.140. The van der Waals surface area contributed by atoms with E-state index in [1.807, 2.05) is 0 Å². The van der Waals surface area contributed by atoms with Gasteiger partial charge < -0.3 is 14.7 Å². The quantitative estimate of drug-likeness (QED) is 0.612. The van der Waals surface area contributed by atoms with Crippen LogP contribution in [0.2, 0.25) is 0 Å². The second-order valence-corrected chi connectivity index (χ2v) is 8.54. The molecule has 174 valence electrons. The average molecular weight is 451 g/mol. The Bertz CT molecular complexity index is 994. The number of hydrogen-bond acceptors (Lipinski definition) is 3. The second kappa shape index (κ2) is 9.63. The summed E-state index contributed by atoms with van der Waals surface area (Å²) in [5.41, 5.74) is 0.173. The fourth-order valence-electron chi connectivity index (χ4n) is 3.42. The van der Waals surface area contributed by atoms with Crippen molar-refractivity contribution in [2.24, 2.45) is 5.41 Å². The number of alkyl halides is 3. The van der Waals surface area contributed by atoms with Crippen LogP contribution >= 0.6 is 0 Å². The van der Waals surface area contributed by atoms with E-state index in [1.54, 1.807) is 45.9 Å². The van der Waals surface area contributed by atoms with Crippen molar-refractivity contribution >= 4 is 11.9 Å². The van der Waals surface area contributed by atoms with E-state index in [1.165, 1.54) is 18.1 Å². The first kappa shape index (κ1) is 25.2. The van der Waals surface area contributed by atoms with Gasteiger partial charge in [0.2, 0.25) is 5.91 Å². The van der Waals surface area contributed by atoms with Crippen molar-refractivity contribution < 1.29 is 32.6 Å². The number of methoxy groups -OCH3 is 1. The van der Waals surface area contributed by atoms with Crippen molar-refractivity contribution in [3.05, 3.63) is 53.1 Å². The third-order valence-electron chi connectivity index (χ3n) is 5.01. The summed E-state index contributed by atoms with van der Waals surface area (Å²) in [6.07, 6.45) is -4.79. The maximum absolute atomic E-state index is 13.5. The summed E-state index contributed by atoms with van der Waals surface area (Å²) >= 11 is 0. The molecule has 2 aromatic carbocycles. The van der Waals surface area contributed by atoms with Crippen LogP contribution in [0.4, 0.5) is 13.2 Å². The minimum absolute atomic E-state index is 0.0296. The Kier molecular flexibility index (Phi) is 7.59. The van der Waals surface area contributed by atoms with Gasteiger partial charge in [0.1, 0.15) is 5.75 Å². The Balaban J connectivity index is 2.68. The van der Waals surface area contributed by atoms with Crippen molar-refractivity contribution in [1.29, 1.82) is 0 Å². The molecule has 0 fully saturated rings. The van der Waals surface area contributed by atoms with Gasteiger partial charge in [-0.05, 0) is 47.9 Å². The van der Waals surface area contributed by atoms with Crippen LogP contribution in [0.15, 0.2) is 36.4 Å². The number of nitrogens with zero attached hydrogens (tertiary/aromatic N) is 1. The van der Waals surface area contributed by atoms with Crippen molar-refractivity contribution in [1.82, 2.24) is 4.90 Å². The van der Waals surface area contributed by atoms with Crippen LogP contribution in [0, 0.1) is 5.41 Å². The molecule has 0 radical (unpaired) electrons. The maximum atomic E-state index is 13.5. The predicted octanol–water partition coefficient (Wildman–Crippen LogP) is 5.40. The van der Waals surface area contributed by atoms with Crippen LogP contribution in [0.1, 0.15) is 44.4 Å². The predicted molar refractivity (Wildman–Crippen MR) is 115 cm³/mol. The zero-order valence-electron chi connectivity index (χ0n) is 18.8. The van der Waals surface area contributed by atoms with Crippen LogP contribution in [0.5, 0.6) is 5.75 Å². The van der Waals surface area contributed by atoms with E-state index >= 15 is 0 Å². The third kappa shape index (κ3) is 6.02. The Morgan fingerprint density at radius 2 is 1.69 bits per heavy atom. The van der Waals surface area contributed by atoms with Gasteiger partial charge in [-0.25, -0.2) is 0 Å². The molecule has 5 nitrogen and oxygen atoms in total. The zero-order valence-corrected chi connectivity index (χ0v) is 18.8. The van der Waals surface area contributed by atoms with Crippen LogP contribution in [-0.4, -0.2) is 35.5 Å². The van der Waals surface area contributed by atoms with Crippen molar-refractivity contribution in [2.75, 3.05) is 13.7 Å². The number of carboxylic acid groups (broad SMARTS) is 1. The minimum Gasteiger partial charge on any atom is -0.496 e. The number of carbonyl (C=O) groups is 2. The molecule has 0 unspecified atom stereocenters. The van der Waals surface area contributed by atoms with Gasteiger partial charge in [0.25, 0.3) is 0 Å². The number of amides is 1. The van der Waals surface area contributed by atoms with Gasteiger partial charge in [0, 0.05) is 24.1 Å². The smallest absolute Gasteiger partial charge is 0.416 e. The van der Waals surface area contributed by atoms with Gasteiger partial charge in [0.05, 0.1) is 19.1 Å². The highest BCUT2D eigenvalue weighted by Gasteiger charge is 2.32. The standard InChI is InChI=1S/C24H28F3NO4/c1-6-28(22(31)23(2,3)4)14-16-13-17(24(25,26)27)8-9-18(16)19-11-15(12-21(29)30)7-10-20(19)32-5/h7-11,13H,6,12,14H2,1-5H3,(H,29,30). The second-order valence-electron chi connectivity index (χ2n) is 8.54. The van der Waals surface area contributed by atoms with Crippen molar-refractivity contribution in [3.63, 3.8) is 0 Å². The topological polar surface area (TPSA) is 66.8 Å². The number of aliphatic carboxylic acids is 1. The Morgan fingerprint density at radius 1 is 1.03 bits per heavy atom. The van der Waals surface area contributed by atoms with E-state index in [0.29, 0.717) is 34.5 Å². The van der Waals surface area contributed by atoms with E-state index in [0.717, 1.165) is 12.1 Å². The number of halogens is 3. The van der Waals surface area contributed by atoms with Crippen molar-refractivity contribution in [2.45, 2.75) is 46.8 Å². The monoisotopic (exact) mass is 451 g/mol. The highest BCUT2D eigenvalue weighted by atomic mass is 19.4. The molecule has 32 heavy (non-hydrogen) atoms. The molecule has 0 aliphatic rings. The van der Waals surface area contributed by atoms with E-state index in [-0.39, 0.29) is 18.9 Å². The molecule has 2 rings (SSSR count). The molecular weight excluding hydrogens is 423 g/mol. The Morgan fingerprint density at radius 3 is 2.19 bits per heavy atom. The van der Waals surface area contributed by atoms with Gasteiger partial charge in [-0.1, -0.05) is 32.9 Å². The fourth-order valence-corrected chi connectivity index (χ4v) is 3.42. The van der Waals surface area contributed by atoms with Gasteiger partial charge in [-0.15, -0.1) is 0 Å². The van der Waals surface area contributed by atoms with Gasteiger partial charge in [-0.2, -0.15) is 13.2 Å². The molecule has 0 saturated heterocycles. The highest BCUT2D eigenvalue weighted by Crippen LogP contribution is 2.38. The molecule has 0 spiro atoms. The van der Waals surface area contributed by atoms with Crippen LogP contribution in [0.25, 0.3) is 11.1 Å². The first-order valence-corrected chi connectivity index (χ1v) is 10.2. The lowest BCUT2D eigenvalue weighted by atomic mass is 9.92. The number of carboxylic acids is 1. The maximum Gasteiger partial charge on any atom is 0.416 e. The third-order valence-corrected chi connectivity index (χ3v) is 5.01. The van der Waals surface area contributed by atoms with E-state index in [2.05, 4.69) is 0 Å². The molecule has 0 aromatic heterocycles. The normalized spacial score (nSPS) is 11.9. The molecule has 8 heteroatoms. The molecule has 1 N–H and O–H groups in total. The number of carbonyl (C=O) groups excluding carboxylic acids is 1. The van der Waals surface area contributed by atoms with Gasteiger partial charge in [0.15, 0.2) is 0 Å². The van der Waals surface area contributed by atoms with E-state index in [4.69, 9.17) is 9.84 Å². The molecule has 0 saturated carbocycles. The molecule has 0 aliphatic carbocycles. The highest BCUT2D eigenvalue weighted by molar-refractivity contribution is 5.82. The summed E-state index contributed by atoms with van der Waals surface area (Å²) in [4.78, 5) is 25.5. The lowest BCUT2D eigenvalue weighted by Crippen LogP contribution is -2.39. The summed E-state index contributed by atoms with van der Waals surface area (Å²) in [5.74, 6) is -0.818. The number of ether oxygens (including phenoxy) is 1. The van der Waals surface area contributed by atoms with Crippen LogP contribution < -0.4 is 4.74 Å². The summed E-state index contributed by atoms with van der Waals surface area (Å²) in [5, 5.41) is 9.12. The largest absolute Gasteiger partial charge is 0.496 e. The zero-order chi connectivity index (χ0) is 24.3. The van der Waals surface area contributed by atoms with E-state index in [9.17, 15) is 22.8 Å². The lowest BCUT2D eigenvalue weighted by Gasteiger charge is -2.29. The molecule has 1 amide bonds. The number of benzene rings is 2. The summed E-state index contributed by atoms with van der Waals surface area (Å²) < 4.78 is 45.8. The molecule has 0 aliphatic heterocycles. The molecule has 0 bridgehead atoms. The fraction of sp³-hybridized carbons (Fsp3) is 0.417. The summed E-state index contributed by atoms with van der Waals surface area (Å²) in [7, 11) is 1.43. The minimum atomic E-state index is -4.55. The Labute approximate surface area is 185 Å². The SMILES string of the molecule is CCN(Cc1cc(C(F)(F)F)ccc1-c1cc(CC(=O)O)ccc1OC)C(=O)C(C)(C)C. The first-order chi connectivity index (χ1) is 14.8. The molecule has 0 heterocycles. The van der Waals surface area contributed by atoms with Crippen LogP contribution in [0.3, 0.4) is 0 Å². The Hall–Kier alpha value is -3.03. The number of hydrogen-bond donors (Lipinski definition) is 1. The van der Waals surface area contributed by atoms with Crippen LogP contribution in [-0.2, 0) is 28.7 Å². The van der Waals surface area contributed by atoms with Gasteiger partial charge in [-0.3, -0.25) is 9.59 Å². The van der Waals surface area contributed by atoms with Gasteiger partial charge >= 0.3 is 12.1 Å². The molecule has 0 atom stereocenters.